The first-order valence-electron chi connectivity index (χ1n) is 8.29. The van der Waals surface area contributed by atoms with Gasteiger partial charge in [-0.25, -0.2) is 0 Å². The van der Waals surface area contributed by atoms with Crippen molar-refractivity contribution in [1.82, 2.24) is 10.6 Å². The van der Waals surface area contributed by atoms with E-state index in [1.165, 1.54) is 0 Å². The Balaban J connectivity index is 1.53. The van der Waals surface area contributed by atoms with Crippen molar-refractivity contribution in [3.63, 3.8) is 0 Å². The van der Waals surface area contributed by atoms with Crippen molar-refractivity contribution in [1.29, 1.82) is 0 Å². The monoisotopic (exact) mass is 326 g/mol. The highest BCUT2D eigenvalue weighted by atomic mass is 16.3. The fourth-order valence-electron chi connectivity index (χ4n) is 3.17. The second-order valence-electron chi connectivity index (χ2n) is 6.35. The Morgan fingerprint density at radius 2 is 2.04 bits per heavy atom. The predicted molar refractivity (Wildman–Crippen MR) is 90.0 cm³/mol. The summed E-state index contributed by atoms with van der Waals surface area (Å²) in [6.07, 6.45) is 4.49. The molecule has 0 radical (unpaired) electrons. The highest BCUT2D eigenvalue weighted by Gasteiger charge is 2.38. The van der Waals surface area contributed by atoms with Gasteiger partial charge in [0.05, 0.1) is 6.26 Å². The lowest BCUT2D eigenvalue weighted by Crippen LogP contribution is -2.44. The molecule has 1 aromatic carbocycles. The fraction of sp³-hybridized carbons (Fsp3) is 0.368. The Bertz CT molecular complexity index is 682. The third-order valence-corrected chi connectivity index (χ3v) is 4.49. The number of hydrogen-bond acceptors (Lipinski definition) is 3. The fourth-order valence-corrected chi connectivity index (χ4v) is 3.17. The van der Waals surface area contributed by atoms with Gasteiger partial charge in [-0.2, -0.15) is 0 Å². The third kappa shape index (κ3) is 4.25. The maximum atomic E-state index is 12.2. The number of hydrogen-bond donors (Lipinski definition) is 2. The molecule has 1 unspecified atom stereocenters. The Labute approximate surface area is 141 Å². The summed E-state index contributed by atoms with van der Waals surface area (Å²) in [6.45, 7) is 0.525. The van der Waals surface area contributed by atoms with Gasteiger partial charge >= 0.3 is 0 Å². The van der Waals surface area contributed by atoms with E-state index < -0.39 is 0 Å². The molecule has 1 saturated heterocycles. The van der Waals surface area contributed by atoms with Crippen molar-refractivity contribution in [2.45, 2.75) is 44.2 Å². The van der Waals surface area contributed by atoms with E-state index in [0.29, 0.717) is 32.2 Å². The summed E-state index contributed by atoms with van der Waals surface area (Å²) in [4.78, 5) is 23.9. The normalized spacial score (nSPS) is 19.9. The number of carbonyl (C=O) groups excluding carboxylic acids is 2. The minimum atomic E-state index is -0.376. The molecule has 1 aliphatic rings. The van der Waals surface area contributed by atoms with Crippen LogP contribution in [-0.4, -0.2) is 17.4 Å². The van der Waals surface area contributed by atoms with Gasteiger partial charge in [0, 0.05) is 31.3 Å². The van der Waals surface area contributed by atoms with Crippen LogP contribution in [0.25, 0.3) is 0 Å². The summed E-state index contributed by atoms with van der Waals surface area (Å²) in [5.74, 6) is 0.881. The smallest absolute Gasteiger partial charge is 0.220 e. The van der Waals surface area contributed by atoms with Crippen LogP contribution in [-0.2, 0) is 22.6 Å². The number of furan rings is 1. The highest BCUT2D eigenvalue weighted by molar-refractivity contribution is 5.80. The first-order chi connectivity index (χ1) is 11.7. The average molecular weight is 326 g/mol. The van der Waals surface area contributed by atoms with E-state index in [0.717, 1.165) is 17.7 Å². The zero-order chi connectivity index (χ0) is 16.8. The largest absolute Gasteiger partial charge is 0.469 e. The van der Waals surface area contributed by atoms with Crippen molar-refractivity contribution in [2.24, 2.45) is 0 Å². The molecule has 0 spiro atoms. The molecule has 2 amide bonds. The van der Waals surface area contributed by atoms with E-state index in [1.54, 1.807) is 6.26 Å². The van der Waals surface area contributed by atoms with Crippen molar-refractivity contribution < 1.29 is 14.0 Å². The molecular formula is C19H22N2O3. The molecule has 5 nitrogen and oxygen atoms in total. The molecule has 1 aliphatic heterocycles. The number of amides is 2. The van der Waals surface area contributed by atoms with Crippen LogP contribution in [0.3, 0.4) is 0 Å². The predicted octanol–water partition coefficient (Wildman–Crippen LogP) is 2.57. The van der Waals surface area contributed by atoms with Crippen LogP contribution in [0.4, 0.5) is 0 Å². The molecule has 1 aromatic heterocycles. The molecule has 0 bridgehead atoms. The molecule has 126 valence electrons. The topological polar surface area (TPSA) is 71.3 Å². The minimum absolute atomic E-state index is 0.00109. The van der Waals surface area contributed by atoms with Gasteiger partial charge in [-0.05, 0) is 30.5 Å². The Kier molecular flexibility index (Phi) is 4.99. The molecule has 2 N–H and O–H groups in total. The summed E-state index contributed by atoms with van der Waals surface area (Å²) in [5, 5.41) is 5.99. The number of rotatable bonds is 7. The Morgan fingerprint density at radius 1 is 1.21 bits per heavy atom. The molecule has 24 heavy (non-hydrogen) atoms. The molecular weight excluding hydrogens is 304 g/mol. The third-order valence-electron chi connectivity index (χ3n) is 4.49. The first-order valence-corrected chi connectivity index (χ1v) is 8.29. The van der Waals surface area contributed by atoms with Crippen LogP contribution in [0, 0.1) is 0 Å². The molecule has 3 rings (SSSR count). The van der Waals surface area contributed by atoms with Gasteiger partial charge in [-0.15, -0.1) is 0 Å². The molecule has 5 heteroatoms. The summed E-state index contributed by atoms with van der Waals surface area (Å²) >= 11 is 0. The maximum Gasteiger partial charge on any atom is 0.220 e. The van der Waals surface area contributed by atoms with E-state index in [9.17, 15) is 9.59 Å². The molecule has 0 aliphatic carbocycles. The summed E-state index contributed by atoms with van der Waals surface area (Å²) in [6, 6.07) is 13.6. The quantitative estimate of drug-likeness (QED) is 0.821. The number of carbonyl (C=O) groups is 2. The lowest BCUT2D eigenvalue weighted by Gasteiger charge is -2.28. The lowest BCUT2D eigenvalue weighted by molar-refractivity contribution is -0.122. The second kappa shape index (κ2) is 7.34. The molecule has 0 saturated carbocycles. The minimum Gasteiger partial charge on any atom is -0.469 e. The van der Waals surface area contributed by atoms with Crippen LogP contribution in [0.15, 0.2) is 53.1 Å². The van der Waals surface area contributed by atoms with Crippen LogP contribution < -0.4 is 10.6 Å². The van der Waals surface area contributed by atoms with Gasteiger partial charge < -0.3 is 15.1 Å². The molecule has 1 atom stereocenters. The summed E-state index contributed by atoms with van der Waals surface area (Å²) < 4.78 is 5.42. The Morgan fingerprint density at radius 3 is 2.71 bits per heavy atom. The number of nitrogens with one attached hydrogen (secondary N) is 2. The second-order valence-corrected chi connectivity index (χ2v) is 6.35. The summed E-state index contributed by atoms with van der Waals surface area (Å²) in [7, 11) is 0. The molecule has 1 fully saturated rings. The van der Waals surface area contributed by atoms with Gasteiger partial charge in [0.25, 0.3) is 0 Å². The maximum absolute atomic E-state index is 12.2. The molecule has 2 heterocycles. The highest BCUT2D eigenvalue weighted by Crippen LogP contribution is 2.29. The van der Waals surface area contributed by atoms with E-state index in [-0.39, 0.29) is 17.4 Å². The first kappa shape index (κ1) is 16.3. The SMILES string of the molecule is O=C(CCC1(Cc2ccco2)CCC(=O)N1)NCc1ccccc1. The van der Waals surface area contributed by atoms with Crippen LogP contribution >= 0.6 is 0 Å². The van der Waals surface area contributed by atoms with E-state index in [1.807, 2.05) is 42.5 Å². The van der Waals surface area contributed by atoms with Gasteiger partial charge in [0.15, 0.2) is 0 Å². The number of benzene rings is 1. The van der Waals surface area contributed by atoms with Gasteiger partial charge in [-0.1, -0.05) is 30.3 Å². The van der Waals surface area contributed by atoms with Gasteiger partial charge in [-0.3, -0.25) is 9.59 Å². The van der Waals surface area contributed by atoms with E-state index in [2.05, 4.69) is 10.6 Å². The standard InChI is InChI=1S/C19H22N2O3/c22-17(20-14-15-5-2-1-3-6-15)8-10-19(11-9-18(23)21-19)13-16-7-4-12-24-16/h1-7,12H,8-11,13-14H2,(H,20,22)(H,21,23). The van der Waals surface area contributed by atoms with Crippen molar-refractivity contribution in [3.05, 3.63) is 60.1 Å². The van der Waals surface area contributed by atoms with Crippen LogP contribution in [0.2, 0.25) is 0 Å². The molecule has 2 aromatic rings. The zero-order valence-electron chi connectivity index (χ0n) is 13.6. The van der Waals surface area contributed by atoms with Crippen LogP contribution in [0.1, 0.15) is 37.0 Å². The van der Waals surface area contributed by atoms with Crippen molar-refractivity contribution in [2.75, 3.05) is 0 Å². The van der Waals surface area contributed by atoms with Gasteiger partial charge in [0.1, 0.15) is 5.76 Å². The summed E-state index contributed by atoms with van der Waals surface area (Å²) in [5.41, 5.74) is 0.698. The Hall–Kier alpha value is -2.56. The van der Waals surface area contributed by atoms with Gasteiger partial charge in [0.2, 0.25) is 11.8 Å². The van der Waals surface area contributed by atoms with E-state index in [4.69, 9.17) is 4.42 Å². The zero-order valence-corrected chi connectivity index (χ0v) is 13.6. The lowest BCUT2D eigenvalue weighted by atomic mass is 9.87. The van der Waals surface area contributed by atoms with Crippen molar-refractivity contribution in [3.8, 4) is 0 Å². The van der Waals surface area contributed by atoms with Crippen molar-refractivity contribution >= 4 is 11.8 Å². The average Bonchev–Trinajstić information content (AvgIpc) is 3.23. The van der Waals surface area contributed by atoms with Crippen LogP contribution in [0.5, 0.6) is 0 Å². The van der Waals surface area contributed by atoms with E-state index >= 15 is 0 Å².